The number of ether oxygens (including phenoxy) is 1. The van der Waals surface area contributed by atoms with Crippen LogP contribution in [0.1, 0.15) is 6.92 Å². The lowest BCUT2D eigenvalue weighted by molar-refractivity contribution is 0.0571. The minimum absolute atomic E-state index is 0.0664. The maximum absolute atomic E-state index is 10.9. The van der Waals surface area contributed by atoms with Gasteiger partial charge in [0.25, 0.3) is 0 Å². The average molecular weight is 167 g/mol. The third kappa shape index (κ3) is 3.94. The monoisotopic (exact) mass is 167 g/mol. The molecule has 0 heterocycles. The zero-order valence-electron chi connectivity index (χ0n) is 6.49. The highest BCUT2D eigenvalue weighted by atomic mass is 32.2. The van der Waals surface area contributed by atoms with Crippen molar-refractivity contribution in [2.24, 2.45) is 0 Å². The lowest BCUT2D eigenvalue weighted by Crippen LogP contribution is -2.22. The van der Waals surface area contributed by atoms with E-state index in [1.165, 1.54) is 7.11 Å². The van der Waals surface area contributed by atoms with Crippen LogP contribution in [-0.2, 0) is 20.2 Å². The van der Waals surface area contributed by atoms with Gasteiger partial charge in [-0.25, -0.2) is 12.7 Å². The van der Waals surface area contributed by atoms with Crippen molar-refractivity contribution in [3.8, 4) is 0 Å². The van der Waals surface area contributed by atoms with Crippen molar-refractivity contribution >= 4 is 11.3 Å². The molecule has 1 unspecified atom stereocenters. The van der Waals surface area contributed by atoms with Crippen molar-refractivity contribution in [3.63, 3.8) is 0 Å². The van der Waals surface area contributed by atoms with Gasteiger partial charge in [-0.3, -0.25) is 0 Å². The predicted octanol–water partition coefficient (Wildman–Crippen LogP) is 0.137. The summed E-state index contributed by atoms with van der Waals surface area (Å²) in [5.41, 5.74) is 0. The van der Waals surface area contributed by atoms with Crippen LogP contribution in [0.15, 0.2) is 0 Å². The Labute approximate surface area is 63.9 Å². The fourth-order valence-electron chi connectivity index (χ4n) is 0.285. The van der Waals surface area contributed by atoms with Crippen LogP contribution < -0.4 is 0 Å². The Hall–Kier alpha value is 0.0300. The number of methoxy groups -OCH3 is 1. The number of hydrogen-bond donors (Lipinski definition) is 0. The molecule has 10 heavy (non-hydrogen) atoms. The second-order valence-electron chi connectivity index (χ2n) is 1.69. The summed E-state index contributed by atoms with van der Waals surface area (Å²) >= 11 is -1.36. The van der Waals surface area contributed by atoms with E-state index in [1.807, 2.05) is 6.92 Å². The normalized spacial score (nSPS) is 14.0. The summed E-state index contributed by atoms with van der Waals surface area (Å²) in [6.07, 6.45) is 0. The Morgan fingerprint density at radius 1 is 1.60 bits per heavy atom. The Bertz CT molecular complexity index is 109. The van der Waals surface area contributed by atoms with E-state index >= 15 is 0 Å². The molecule has 0 bridgehead atoms. The SMILES string of the molecule is CCN(C)S(=O)OCOC. The van der Waals surface area contributed by atoms with Gasteiger partial charge < -0.3 is 4.74 Å². The Kier molecular flexibility index (Phi) is 5.81. The van der Waals surface area contributed by atoms with Crippen LogP contribution >= 0.6 is 0 Å². The molecule has 0 amide bonds. The van der Waals surface area contributed by atoms with E-state index in [4.69, 9.17) is 4.18 Å². The van der Waals surface area contributed by atoms with Crippen LogP contribution in [-0.4, -0.2) is 36.0 Å². The lowest BCUT2D eigenvalue weighted by Gasteiger charge is -2.10. The molecule has 0 saturated carbocycles. The maximum atomic E-state index is 10.9. The van der Waals surface area contributed by atoms with E-state index in [1.54, 1.807) is 11.4 Å². The van der Waals surface area contributed by atoms with E-state index < -0.39 is 11.3 Å². The summed E-state index contributed by atoms with van der Waals surface area (Å²) in [7, 11) is 3.20. The molecule has 0 N–H and O–H groups in total. The van der Waals surface area contributed by atoms with Crippen molar-refractivity contribution in [1.82, 2.24) is 4.31 Å². The van der Waals surface area contributed by atoms with Crippen molar-refractivity contribution in [3.05, 3.63) is 0 Å². The Balaban J connectivity index is 3.42. The standard InChI is InChI=1S/C5H13NO3S/c1-4-6(2)10(7)9-5-8-3/h4-5H2,1-3H3. The van der Waals surface area contributed by atoms with Crippen molar-refractivity contribution < 1.29 is 13.1 Å². The van der Waals surface area contributed by atoms with E-state index in [0.717, 1.165) is 0 Å². The Morgan fingerprint density at radius 3 is 2.60 bits per heavy atom. The van der Waals surface area contributed by atoms with Crippen LogP contribution in [0.4, 0.5) is 0 Å². The first-order valence-electron chi connectivity index (χ1n) is 2.97. The second kappa shape index (κ2) is 5.79. The van der Waals surface area contributed by atoms with Crippen LogP contribution in [0.2, 0.25) is 0 Å². The van der Waals surface area contributed by atoms with Gasteiger partial charge in [-0.05, 0) is 0 Å². The minimum Gasteiger partial charge on any atom is -0.357 e. The summed E-state index contributed by atoms with van der Waals surface area (Å²) in [5.74, 6) is 0. The first kappa shape index (κ1) is 10.0. The Morgan fingerprint density at radius 2 is 2.20 bits per heavy atom. The van der Waals surface area contributed by atoms with Crippen molar-refractivity contribution in [2.45, 2.75) is 6.92 Å². The summed E-state index contributed by atoms with van der Waals surface area (Å²) in [5, 5.41) is 0. The van der Waals surface area contributed by atoms with Gasteiger partial charge in [-0.15, -0.1) is 0 Å². The second-order valence-corrected chi connectivity index (χ2v) is 2.98. The minimum atomic E-state index is -1.36. The van der Waals surface area contributed by atoms with E-state index in [-0.39, 0.29) is 6.79 Å². The molecule has 1 atom stereocenters. The molecule has 0 rings (SSSR count). The lowest BCUT2D eigenvalue weighted by atomic mass is 10.8. The molecule has 0 radical (unpaired) electrons. The van der Waals surface area contributed by atoms with Crippen LogP contribution in [0.25, 0.3) is 0 Å². The molecule has 0 aliphatic heterocycles. The van der Waals surface area contributed by atoms with Gasteiger partial charge >= 0.3 is 0 Å². The fraction of sp³-hybridized carbons (Fsp3) is 1.00. The highest BCUT2D eigenvalue weighted by molar-refractivity contribution is 7.77. The van der Waals surface area contributed by atoms with E-state index in [0.29, 0.717) is 6.54 Å². The quantitative estimate of drug-likeness (QED) is 0.547. The third-order valence-corrected chi connectivity index (χ3v) is 2.03. The van der Waals surface area contributed by atoms with Gasteiger partial charge in [0.2, 0.25) is 11.3 Å². The highest BCUT2D eigenvalue weighted by Crippen LogP contribution is 1.91. The van der Waals surface area contributed by atoms with Crippen LogP contribution in [0, 0.1) is 0 Å². The molecule has 0 aliphatic rings. The number of nitrogens with zero attached hydrogens (tertiary/aromatic N) is 1. The molecule has 0 fully saturated rings. The first-order valence-corrected chi connectivity index (χ1v) is 4.00. The summed E-state index contributed by atoms with van der Waals surface area (Å²) in [4.78, 5) is 0. The maximum Gasteiger partial charge on any atom is 0.239 e. The number of rotatable bonds is 5. The van der Waals surface area contributed by atoms with Crippen LogP contribution in [0.5, 0.6) is 0 Å². The van der Waals surface area contributed by atoms with Gasteiger partial charge in [-0.1, -0.05) is 6.92 Å². The predicted molar refractivity (Wildman–Crippen MR) is 39.4 cm³/mol. The average Bonchev–Trinajstić information content (AvgIpc) is 1.98. The molecule has 0 saturated heterocycles. The molecular formula is C5H13NO3S. The summed E-state index contributed by atoms with van der Waals surface area (Å²) in [6.45, 7) is 2.65. The molecule has 0 aromatic heterocycles. The van der Waals surface area contributed by atoms with Crippen LogP contribution in [0.3, 0.4) is 0 Å². The van der Waals surface area contributed by atoms with Gasteiger partial charge in [0.15, 0.2) is 6.79 Å². The smallest absolute Gasteiger partial charge is 0.239 e. The summed E-state index contributed by atoms with van der Waals surface area (Å²) < 4.78 is 21.7. The van der Waals surface area contributed by atoms with Gasteiger partial charge in [0, 0.05) is 20.7 Å². The zero-order chi connectivity index (χ0) is 7.98. The molecule has 0 aromatic carbocycles. The van der Waals surface area contributed by atoms with Crippen molar-refractivity contribution in [2.75, 3.05) is 27.5 Å². The van der Waals surface area contributed by atoms with Crippen molar-refractivity contribution in [1.29, 1.82) is 0 Å². The largest absolute Gasteiger partial charge is 0.357 e. The molecule has 0 spiro atoms. The zero-order valence-corrected chi connectivity index (χ0v) is 7.31. The topological polar surface area (TPSA) is 38.8 Å². The molecule has 0 aromatic rings. The fourth-order valence-corrected chi connectivity index (χ4v) is 0.854. The first-order chi connectivity index (χ1) is 4.72. The number of hydrogen-bond acceptors (Lipinski definition) is 3. The molecule has 5 heteroatoms. The van der Waals surface area contributed by atoms with Gasteiger partial charge in [-0.2, -0.15) is 0 Å². The molecule has 4 nitrogen and oxygen atoms in total. The van der Waals surface area contributed by atoms with Gasteiger partial charge in [0.05, 0.1) is 0 Å². The molecule has 0 aliphatic carbocycles. The van der Waals surface area contributed by atoms with E-state index in [2.05, 4.69) is 4.74 Å². The third-order valence-electron chi connectivity index (χ3n) is 0.967. The molecular weight excluding hydrogens is 154 g/mol. The molecule has 62 valence electrons. The highest BCUT2D eigenvalue weighted by Gasteiger charge is 2.04. The van der Waals surface area contributed by atoms with E-state index in [9.17, 15) is 4.21 Å². The summed E-state index contributed by atoms with van der Waals surface area (Å²) in [6, 6.07) is 0. The van der Waals surface area contributed by atoms with Gasteiger partial charge in [0.1, 0.15) is 0 Å².